The zero-order chi connectivity index (χ0) is 19.8. The monoisotopic (exact) mass is 378 g/mol. The summed E-state index contributed by atoms with van der Waals surface area (Å²) in [6.07, 6.45) is 7.77. The Morgan fingerprint density at radius 2 is 1.68 bits per heavy atom. The number of ketones is 1. The van der Waals surface area contributed by atoms with Gasteiger partial charge in [0.15, 0.2) is 5.78 Å². The molecule has 1 fully saturated rings. The van der Waals surface area contributed by atoms with Crippen LogP contribution in [0.2, 0.25) is 0 Å². The van der Waals surface area contributed by atoms with E-state index < -0.39 is 6.61 Å². The number of nitrogens with zero attached hydrogens (tertiary/aromatic N) is 4. The number of aromatic nitrogens is 2. The highest BCUT2D eigenvalue weighted by Gasteiger charge is 2.20. The first-order valence-corrected chi connectivity index (χ1v) is 9.07. The van der Waals surface area contributed by atoms with Gasteiger partial charge in [0.25, 0.3) is 0 Å². The minimum absolute atomic E-state index is 0.0566. The smallest absolute Gasteiger partial charge is 0.246 e. The maximum atomic E-state index is 12.4. The second-order valence-corrected chi connectivity index (χ2v) is 6.28. The normalized spacial score (nSPS) is 14.8. The number of carbonyl (C=O) groups excluding carboxylic acids is 2. The molecule has 0 spiro atoms. The third-order valence-electron chi connectivity index (χ3n) is 4.35. The molecule has 3 heterocycles. The topological polar surface area (TPSA) is 86.6 Å². The Bertz CT molecular complexity index is 872. The quantitative estimate of drug-likeness (QED) is 0.765. The van der Waals surface area contributed by atoms with E-state index in [2.05, 4.69) is 14.9 Å². The van der Waals surface area contributed by atoms with Gasteiger partial charge in [0, 0.05) is 38.5 Å². The molecule has 0 bridgehead atoms. The van der Waals surface area contributed by atoms with E-state index in [1.807, 2.05) is 18.2 Å². The SMILES string of the molecule is O=C(/C=C/c1cccc(/C=C/C(=O)N2CCN(c3ccccn3)CC2)n1)CO. The predicted molar refractivity (Wildman–Crippen MR) is 107 cm³/mol. The maximum Gasteiger partial charge on any atom is 0.246 e. The van der Waals surface area contributed by atoms with Crippen molar-refractivity contribution in [3.63, 3.8) is 0 Å². The number of rotatable bonds is 6. The second-order valence-electron chi connectivity index (χ2n) is 6.28. The number of pyridine rings is 2. The molecule has 7 nitrogen and oxygen atoms in total. The van der Waals surface area contributed by atoms with Crippen molar-refractivity contribution < 1.29 is 14.7 Å². The molecule has 0 unspecified atom stereocenters. The number of hydrogen-bond acceptors (Lipinski definition) is 6. The Hall–Kier alpha value is -3.32. The molecule has 2 aromatic rings. The summed E-state index contributed by atoms with van der Waals surface area (Å²) in [6.45, 7) is 2.23. The highest BCUT2D eigenvalue weighted by Crippen LogP contribution is 2.13. The van der Waals surface area contributed by atoms with Crippen molar-refractivity contribution in [2.24, 2.45) is 0 Å². The van der Waals surface area contributed by atoms with Crippen molar-refractivity contribution in [1.82, 2.24) is 14.9 Å². The first kappa shape index (κ1) is 19.4. The van der Waals surface area contributed by atoms with E-state index in [1.165, 1.54) is 18.2 Å². The number of aliphatic hydroxyl groups is 1. The molecular formula is C21H22N4O3. The molecule has 28 heavy (non-hydrogen) atoms. The van der Waals surface area contributed by atoms with E-state index in [9.17, 15) is 9.59 Å². The van der Waals surface area contributed by atoms with Crippen LogP contribution in [0.3, 0.4) is 0 Å². The van der Waals surface area contributed by atoms with E-state index in [0.717, 1.165) is 18.9 Å². The first-order valence-electron chi connectivity index (χ1n) is 9.07. The lowest BCUT2D eigenvalue weighted by atomic mass is 10.2. The Morgan fingerprint density at radius 3 is 2.32 bits per heavy atom. The predicted octanol–water partition coefficient (Wildman–Crippen LogP) is 1.41. The van der Waals surface area contributed by atoms with Gasteiger partial charge in [-0.2, -0.15) is 0 Å². The van der Waals surface area contributed by atoms with Gasteiger partial charge in [0.2, 0.25) is 5.91 Å². The van der Waals surface area contributed by atoms with Gasteiger partial charge in [0.05, 0.1) is 11.4 Å². The van der Waals surface area contributed by atoms with Crippen molar-refractivity contribution >= 4 is 29.7 Å². The molecule has 0 saturated carbocycles. The fourth-order valence-electron chi connectivity index (χ4n) is 2.84. The maximum absolute atomic E-state index is 12.4. The molecule has 0 radical (unpaired) electrons. The molecule has 1 aliphatic heterocycles. The van der Waals surface area contributed by atoms with Gasteiger partial charge in [-0.3, -0.25) is 9.59 Å². The molecular weight excluding hydrogens is 356 g/mol. The van der Waals surface area contributed by atoms with E-state index in [4.69, 9.17) is 5.11 Å². The third kappa shape index (κ3) is 5.34. The molecule has 2 aromatic heterocycles. The summed E-state index contributed by atoms with van der Waals surface area (Å²) in [4.78, 5) is 36.3. The van der Waals surface area contributed by atoms with E-state index in [1.54, 1.807) is 35.4 Å². The lowest BCUT2D eigenvalue weighted by molar-refractivity contribution is -0.126. The molecule has 1 aliphatic rings. The van der Waals surface area contributed by atoms with Gasteiger partial charge in [0.1, 0.15) is 12.4 Å². The Kier molecular flexibility index (Phi) is 6.64. The lowest BCUT2D eigenvalue weighted by Gasteiger charge is -2.34. The van der Waals surface area contributed by atoms with Crippen LogP contribution in [-0.2, 0) is 9.59 Å². The standard InChI is InChI=1S/C21H22N4O3/c26-16-19(27)9-7-17-4-3-5-18(23-17)8-10-21(28)25-14-12-24(13-15-25)20-6-1-2-11-22-20/h1-11,26H,12-16H2/b9-7+,10-8+. The fourth-order valence-corrected chi connectivity index (χ4v) is 2.84. The molecule has 0 aliphatic carbocycles. The zero-order valence-corrected chi connectivity index (χ0v) is 15.4. The average Bonchev–Trinajstić information content (AvgIpc) is 2.76. The summed E-state index contributed by atoms with van der Waals surface area (Å²) in [5.41, 5.74) is 1.21. The summed E-state index contributed by atoms with van der Waals surface area (Å²) in [6, 6.07) is 11.1. The zero-order valence-electron chi connectivity index (χ0n) is 15.4. The summed E-state index contributed by atoms with van der Waals surface area (Å²) >= 11 is 0. The van der Waals surface area contributed by atoms with Gasteiger partial charge in [-0.15, -0.1) is 0 Å². The van der Waals surface area contributed by atoms with Gasteiger partial charge in [-0.05, 0) is 42.5 Å². The van der Waals surface area contributed by atoms with E-state index >= 15 is 0 Å². The number of anilines is 1. The summed E-state index contributed by atoms with van der Waals surface area (Å²) in [7, 11) is 0. The molecule has 0 atom stereocenters. The minimum atomic E-state index is -0.530. The van der Waals surface area contributed by atoms with Gasteiger partial charge in [-0.25, -0.2) is 9.97 Å². The van der Waals surface area contributed by atoms with Crippen molar-refractivity contribution in [1.29, 1.82) is 0 Å². The number of carbonyl (C=O) groups is 2. The van der Waals surface area contributed by atoms with Crippen LogP contribution < -0.4 is 4.90 Å². The van der Waals surface area contributed by atoms with Crippen LogP contribution in [0.15, 0.2) is 54.7 Å². The number of amides is 1. The van der Waals surface area contributed by atoms with Crippen LogP contribution in [0.5, 0.6) is 0 Å². The van der Waals surface area contributed by atoms with Gasteiger partial charge >= 0.3 is 0 Å². The van der Waals surface area contributed by atoms with Gasteiger partial charge < -0.3 is 14.9 Å². The van der Waals surface area contributed by atoms with Crippen LogP contribution in [0.4, 0.5) is 5.82 Å². The second kappa shape index (κ2) is 9.57. The molecule has 3 rings (SSSR count). The van der Waals surface area contributed by atoms with Crippen molar-refractivity contribution in [2.45, 2.75) is 0 Å². The van der Waals surface area contributed by atoms with Crippen LogP contribution in [-0.4, -0.2) is 64.5 Å². The first-order chi connectivity index (χ1) is 13.7. The fraction of sp³-hybridized carbons (Fsp3) is 0.238. The van der Waals surface area contributed by atoms with E-state index in [-0.39, 0.29) is 11.7 Å². The van der Waals surface area contributed by atoms with Crippen LogP contribution in [0.25, 0.3) is 12.2 Å². The number of piperazine rings is 1. The third-order valence-corrected chi connectivity index (χ3v) is 4.35. The van der Waals surface area contributed by atoms with Crippen molar-refractivity contribution in [2.75, 3.05) is 37.7 Å². The Labute approximate surface area is 163 Å². The van der Waals surface area contributed by atoms with Crippen LogP contribution >= 0.6 is 0 Å². The van der Waals surface area contributed by atoms with Gasteiger partial charge in [-0.1, -0.05) is 12.1 Å². The molecule has 144 valence electrons. The Balaban J connectivity index is 1.56. The minimum Gasteiger partial charge on any atom is -0.388 e. The average molecular weight is 378 g/mol. The Morgan fingerprint density at radius 1 is 0.964 bits per heavy atom. The largest absolute Gasteiger partial charge is 0.388 e. The van der Waals surface area contributed by atoms with E-state index in [0.29, 0.717) is 24.5 Å². The van der Waals surface area contributed by atoms with Crippen molar-refractivity contribution in [3.8, 4) is 0 Å². The highest BCUT2D eigenvalue weighted by molar-refractivity contribution is 5.94. The lowest BCUT2D eigenvalue weighted by Crippen LogP contribution is -2.48. The summed E-state index contributed by atoms with van der Waals surface area (Å²) in [5, 5.41) is 8.74. The highest BCUT2D eigenvalue weighted by atomic mass is 16.3. The summed E-state index contributed by atoms with van der Waals surface area (Å²) in [5.74, 6) is 0.487. The van der Waals surface area contributed by atoms with Crippen molar-refractivity contribution in [3.05, 3.63) is 66.1 Å². The molecule has 1 amide bonds. The number of hydrogen-bond donors (Lipinski definition) is 1. The number of aliphatic hydroxyl groups excluding tert-OH is 1. The van der Waals surface area contributed by atoms with Crippen LogP contribution in [0, 0.1) is 0 Å². The van der Waals surface area contributed by atoms with Crippen LogP contribution in [0.1, 0.15) is 11.4 Å². The molecule has 0 aromatic carbocycles. The molecule has 1 saturated heterocycles. The molecule has 7 heteroatoms. The summed E-state index contributed by atoms with van der Waals surface area (Å²) < 4.78 is 0. The molecule has 1 N–H and O–H groups in total.